The Bertz CT molecular complexity index is 1110. The Morgan fingerprint density at radius 1 is 1.00 bits per heavy atom. The Labute approximate surface area is 171 Å². The molecule has 0 aliphatic carbocycles. The van der Waals surface area contributed by atoms with Crippen molar-refractivity contribution >= 4 is 27.3 Å². The van der Waals surface area contributed by atoms with Gasteiger partial charge in [-0.15, -0.1) is 0 Å². The smallest absolute Gasteiger partial charge is 0.387 e. The number of benzene rings is 3. The van der Waals surface area contributed by atoms with Gasteiger partial charge in [0, 0.05) is 11.3 Å². The van der Waals surface area contributed by atoms with E-state index < -0.39 is 16.6 Å². The van der Waals surface area contributed by atoms with Gasteiger partial charge in [-0.2, -0.15) is 8.78 Å². The predicted octanol–water partition coefficient (Wildman–Crippen LogP) is 5.42. The van der Waals surface area contributed by atoms with E-state index in [0.717, 1.165) is 0 Å². The number of hydrogen-bond donors (Lipinski definition) is 1. The molecule has 0 fully saturated rings. The van der Waals surface area contributed by atoms with Gasteiger partial charge in [0.15, 0.2) is 0 Å². The van der Waals surface area contributed by atoms with Gasteiger partial charge in [-0.05, 0) is 48.0 Å². The van der Waals surface area contributed by atoms with Crippen LogP contribution in [0.2, 0.25) is 5.02 Å². The SMILES string of the molecule is COc1ccc(-c2cc(NS(=O)(=O)c3ccccc3Cl)ccc2OC(F)F)cc1. The van der Waals surface area contributed by atoms with E-state index >= 15 is 0 Å². The van der Waals surface area contributed by atoms with Crippen molar-refractivity contribution in [3.05, 3.63) is 71.8 Å². The van der Waals surface area contributed by atoms with E-state index in [-0.39, 0.29) is 26.9 Å². The third kappa shape index (κ3) is 4.96. The number of sulfonamides is 1. The van der Waals surface area contributed by atoms with Gasteiger partial charge >= 0.3 is 6.61 Å². The van der Waals surface area contributed by atoms with Gasteiger partial charge in [0.1, 0.15) is 16.4 Å². The number of methoxy groups -OCH3 is 1. The molecule has 0 heterocycles. The summed E-state index contributed by atoms with van der Waals surface area (Å²) in [7, 11) is -2.48. The highest BCUT2D eigenvalue weighted by atomic mass is 35.5. The molecule has 0 unspecified atom stereocenters. The highest BCUT2D eigenvalue weighted by molar-refractivity contribution is 7.92. The molecule has 3 aromatic carbocycles. The van der Waals surface area contributed by atoms with Crippen molar-refractivity contribution in [1.29, 1.82) is 0 Å². The van der Waals surface area contributed by atoms with Crippen LogP contribution in [0, 0.1) is 0 Å². The highest BCUT2D eigenvalue weighted by Crippen LogP contribution is 2.35. The zero-order valence-electron chi connectivity index (χ0n) is 15.1. The molecule has 0 aliphatic rings. The quantitative estimate of drug-likeness (QED) is 0.534. The normalized spacial score (nSPS) is 11.3. The van der Waals surface area contributed by atoms with Gasteiger partial charge < -0.3 is 9.47 Å². The van der Waals surface area contributed by atoms with Crippen molar-refractivity contribution in [2.75, 3.05) is 11.8 Å². The monoisotopic (exact) mass is 439 g/mol. The summed E-state index contributed by atoms with van der Waals surface area (Å²) in [5.74, 6) is 0.492. The Morgan fingerprint density at radius 2 is 1.69 bits per heavy atom. The van der Waals surface area contributed by atoms with E-state index in [9.17, 15) is 17.2 Å². The second-order valence-electron chi connectivity index (χ2n) is 5.85. The number of rotatable bonds is 7. The fourth-order valence-electron chi connectivity index (χ4n) is 2.66. The van der Waals surface area contributed by atoms with Crippen molar-refractivity contribution in [1.82, 2.24) is 0 Å². The standard InChI is InChI=1S/C20H16ClF2NO4S/c1-27-15-9-6-13(7-10-15)16-12-14(8-11-18(16)28-20(22)23)24-29(25,26)19-5-3-2-4-17(19)21/h2-12,20,24H,1H3. The van der Waals surface area contributed by atoms with Crippen molar-refractivity contribution < 1.29 is 26.7 Å². The van der Waals surface area contributed by atoms with Crippen LogP contribution in [0.15, 0.2) is 71.6 Å². The topological polar surface area (TPSA) is 64.6 Å². The molecule has 0 amide bonds. The lowest BCUT2D eigenvalue weighted by atomic mass is 10.0. The summed E-state index contributed by atoms with van der Waals surface area (Å²) in [5, 5.41) is 0.0630. The van der Waals surface area contributed by atoms with Crippen LogP contribution >= 0.6 is 11.6 Å². The summed E-state index contributed by atoms with van der Waals surface area (Å²) in [6, 6.07) is 16.6. The average Bonchev–Trinajstić information content (AvgIpc) is 2.69. The summed E-state index contributed by atoms with van der Waals surface area (Å²) in [4.78, 5) is -0.0967. The van der Waals surface area contributed by atoms with Crippen molar-refractivity contribution in [3.63, 3.8) is 0 Å². The molecule has 1 N–H and O–H groups in total. The zero-order valence-corrected chi connectivity index (χ0v) is 16.7. The molecule has 0 aromatic heterocycles. The maximum Gasteiger partial charge on any atom is 0.387 e. The van der Waals surface area contributed by atoms with E-state index in [1.807, 2.05) is 0 Å². The molecule has 3 rings (SSSR count). The molecular formula is C20H16ClF2NO4S. The van der Waals surface area contributed by atoms with E-state index in [4.69, 9.17) is 16.3 Å². The lowest BCUT2D eigenvalue weighted by Crippen LogP contribution is -2.13. The number of hydrogen-bond acceptors (Lipinski definition) is 4. The molecular weight excluding hydrogens is 424 g/mol. The van der Waals surface area contributed by atoms with Crippen molar-refractivity contribution in [2.45, 2.75) is 11.5 Å². The fraction of sp³-hybridized carbons (Fsp3) is 0.100. The summed E-state index contributed by atoms with van der Waals surface area (Å²) < 4.78 is 63.0. The summed E-state index contributed by atoms with van der Waals surface area (Å²) in [5.41, 5.74) is 0.991. The highest BCUT2D eigenvalue weighted by Gasteiger charge is 2.19. The minimum atomic E-state index is -3.98. The van der Waals surface area contributed by atoms with Crippen LogP contribution in [0.25, 0.3) is 11.1 Å². The van der Waals surface area contributed by atoms with Crippen LogP contribution in [0.3, 0.4) is 0 Å². The molecule has 0 saturated heterocycles. The minimum Gasteiger partial charge on any atom is -0.497 e. The third-order valence-corrected chi connectivity index (χ3v) is 5.86. The molecule has 0 spiro atoms. The van der Waals surface area contributed by atoms with Crippen molar-refractivity contribution in [3.8, 4) is 22.6 Å². The van der Waals surface area contributed by atoms with Crippen LogP contribution in [0.4, 0.5) is 14.5 Å². The number of anilines is 1. The van der Waals surface area contributed by atoms with Crippen LogP contribution < -0.4 is 14.2 Å². The van der Waals surface area contributed by atoms with Gasteiger partial charge in [-0.25, -0.2) is 8.42 Å². The van der Waals surface area contributed by atoms with Crippen LogP contribution in [-0.4, -0.2) is 22.1 Å². The van der Waals surface area contributed by atoms with E-state index in [1.165, 1.54) is 37.4 Å². The van der Waals surface area contributed by atoms with E-state index in [1.54, 1.807) is 36.4 Å². The van der Waals surface area contributed by atoms with E-state index in [0.29, 0.717) is 11.3 Å². The molecule has 0 aliphatic heterocycles. The molecule has 5 nitrogen and oxygen atoms in total. The van der Waals surface area contributed by atoms with Gasteiger partial charge in [0.05, 0.1) is 12.1 Å². The first-order chi connectivity index (χ1) is 13.8. The van der Waals surface area contributed by atoms with Gasteiger partial charge in [-0.3, -0.25) is 4.72 Å². The molecule has 3 aromatic rings. The van der Waals surface area contributed by atoms with Crippen molar-refractivity contribution in [2.24, 2.45) is 0 Å². The largest absolute Gasteiger partial charge is 0.497 e. The molecule has 0 atom stereocenters. The number of ether oxygens (including phenoxy) is 2. The Hall–Kier alpha value is -2.84. The summed E-state index contributed by atoms with van der Waals surface area (Å²) >= 11 is 5.98. The Kier molecular flexibility index (Phi) is 6.24. The third-order valence-electron chi connectivity index (χ3n) is 3.98. The maximum absolute atomic E-state index is 12.8. The second-order valence-corrected chi connectivity index (χ2v) is 7.91. The lowest BCUT2D eigenvalue weighted by Gasteiger charge is -2.15. The van der Waals surface area contributed by atoms with Crippen LogP contribution in [0.1, 0.15) is 0 Å². The molecule has 0 bridgehead atoms. The first-order valence-corrected chi connectivity index (χ1v) is 10.2. The Balaban J connectivity index is 2.01. The first-order valence-electron chi connectivity index (χ1n) is 8.31. The van der Waals surface area contributed by atoms with Gasteiger partial charge in [-0.1, -0.05) is 35.9 Å². The summed E-state index contributed by atoms with van der Waals surface area (Å²) in [6.45, 7) is -3.03. The number of halogens is 3. The maximum atomic E-state index is 12.8. The predicted molar refractivity (Wildman–Crippen MR) is 107 cm³/mol. The van der Waals surface area contributed by atoms with Crippen LogP contribution in [-0.2, 0) is 10.0 Å². The lowest BCUT2D eigenvalue weighted by molar-refractivity contribution is -0.0494. The van der Waals surface area contributed by atoms with Crippen LogP contribution in [0.5, 0.6) is 11.5 Å². The Morgan fingerprint density at radius 3 is 2.31 bits per heavy atom. The summed E-state index contributed by atoms with van der Waals surface area (Å²) in [6.07, 6.45) is 0. The first kappa shape index (κ1) is 20.9. The van der Waals surface area contributed by atoms with Gasteiger partial charge in [0.2, 0.25) is 0 Å². The molecule has 9 heteroatoms. The number of nitrogens with one attached hydrogen (secondary N) is 1. The molecule has 152 valence electrons. The van der Waals surface area contributed by atoms with Gasteiger partial charge in [0.25, 0.3) is 10.0 Å². The second kappa shape index (κ2) is 8.67. The fourth-order valence-corrected chi connectivity index (χ4v) is 4.23. The average molecular weight is 440 g/mol. The molecule has 0 radical (unpaired) electrons. The minimum absolute atomic E-state index is 0.0630. The zero-order chi connectivity index (χ0) is 21.0. The van der Waals surface area contributed by atoms with E-state index in [2.05, 4.69) is 9.46 Å². The number of alkyl halides is 2. The molecule has 29 heavy (non-hydrogen) atoms. The molecule has 0 saturated carbocycles.